The molecule has 0 aliphatic heterocycles. The second kappa shape index (κ2) is 9.98. The molecule has 40 heavy (non-hydrogen) atoms. The van der Waals surface area contributed by atoms with Gasteiger partial charge in [-0.3, -0.25) is 4.98 Å². The molecular weight excluding hydrogens is 694 g/mol. The van der Waals surface area contributed by atoms with Crippen molar-refractivity contribution in [3.63, 3.8) is 0 Å². The summed E-state index contributed by atoms with van der Waals surface area (Å²) < 4.78 is 5.29. The number of aromatic nitrogens is 5. The smallest absolute Gasteiger partial charge is 0.346 e. The van der Waals surface area contributed by atoms with Crippen LogP contribution in [0.3, 0.4) is 0 Å². The van der Waals surface area contributed by atoms with E-state index in [0.717, 1.165) is 60.5 Å². The number of nitrogens with zero attached hydrogens (tertiary/aromatic N) is 5. The fourth-order valence-corrected chi connectivity index (χ4v) is 6.06. The molecule has 0 saturated heterocycles. The van der Waals surface area contributed by atoms with Crippen molar-refractivity contribution in [3.05, 3.63) is 128 Å². The third-order valence-corrected chi connectivity index (χ3v) is 7.98. The minimum Gasteiger partial charge on any atom is -0.346 e. The van der Waals surface area contributed by atoms with Crippen molar-refractivity contribution >= 4 is 43.4 Å². The van der Waals surface area contributed by atoms with Crippen LogP contribution in [0.5, 0.6) is 0 Å². The van der Waals surface area contributed by atoms with Gasteiger partial charge in [-0.25, -0.2) is 4.68 Å². The third-order valence-electron chi connectivity index (χ3n) is 6.91. The van der Waals surface area contributed by atoms with Gasteiger partial charge in [-0.2, -0.15) is 16.4 Å². The quantitative estimate of drug-likeness (QED) is 0.175. The number of hydrogen-bond donors (Lipinski definition) is 0. The van der Waals surface area contributed by atoms with E-state index >= 15 is 0 Å². The van der Waals surface area contributed by atoms with Crippen molar-refractivity contribution in [1.29, 1.82) is 0 Å². The van der Waals surface area contributed by atoms with Crippen LogP contribution in [0.15, 0.2) is 116 Å². The van der Waals surface area contributed by atoms with Gasteiger partial charge in [0.1, 0.15) is 0 Å². The van der Waals surface area contributed by atoms with E-state index in [1.165, 1.54) is 4.70 Å². The van der Waals surface area contributed by atoms with E-state index in [-0.39, 0.29) is 21.1 Å². The van der Waals surface area contributed by atoms with Gasteiger partial charge in [0.2, 0.25) is 0 Å². The molecule has 4 aromatic heterocycles. The van der Waals surface area contributed by atoms with Crippen LogP contribution < -0.4 is 0 Å². The summed E-state index contributed by atoms with van der Waals surface area (Å²) in [5, 5.41) is 7.64. The van der Waals surface area contributed by atoms with E-state index < -0.39 is 0 Å². The van der Waals surface area contributed by atoms with Crippen LogP contribution in [0.25, 0.3) is 65.2 Å². The first kappa shape index (κ1) is 24.6. The monoisotopic (exact) mass is 712 g/mol. The Morgan fingerprint density at radius 3 is 2.50 bits per heavy atom. The van der Waals surface area contributed by atoms with Crippen LogP contribution in [-0.4, -0.2) is 24.3 Å². The number of rotatable bonds is 4. The Morgan fingerprint density at radius 2 is 1.65 bits per heavy atom. The Balaban J connectivity index is 0.00000264. The van der Waals surface area contributed by atoms with Crippen molar-refractivity contribution in [1.82, 2.24) is 24.3 Å². The maximum Gasteiger partial charge on any atom is 2.00 e. The summed E-state index contributed by atoms with van der Waals surface area (Å²) in [6.45, 7) is 0. The molecule has 4 heterocycles. The summed E-state index contributed by atoms with van der Waals surface area (Å²) in [5.74, 6) is 0. The standard InChI is InChI=1S/C33H19N5S.Pt/c1-2-11-32-29(10-1)36-33(39-32)23-12-14-26-27-21-24(37-18-6-17-35-37)13-15-30(27)38(31(26)20-23)25-8-5-7-22(19-25)28-9-3-4-16-34-28;/h1-18,21H;/q-2;+2. The molecular formula is C33H19N5PtS. The summed E-state index contributed by atoms with van der Waals surface area (Å²) in [6, 6.07) is 40.4. The zero-order valence-electron chi connectivity index (χ0n) is 20.9. The van der Waals surface area contributed by atoms with Crippen LogP contribution in [0.2, 0.25) is 0 Å². The van der Waals surface area contributed by atoms with Crippen LogP contribution in [-0.2, 0) is 21.1 Å². The molecule has 0 bridgehead atoms. The molecule has 0 amide bonds. The van der Waals surface area contributed by atoms with Crippen molar-refractivity contribution in [2.45, 2.75) is 0 Å². The van der Waals surface area contributed by atoms with Gasteiger partial charge in [-0.1, -0.05) is 29.7 Å². The summed E-state index contributed by atoms with van der Waals surface area (Å²) in [5.41, 5.74) is 7.81. The molecule has 0 fully saturated rings. The first-order valence-electron chi connectivity index (χ1n) is 12.6. The molecule has 5 nitrogen and oxygen atoms in total. The molecule has 192 valence electrons. The van der Waals surface area contributed by atoms with E-state index in [2.05, 4.69) is 87.4 Å². The zero-order chi connectivity index (χ0) is 25.8. The zero-order valence-corrected chi connectivity index (χ0v) is 24.0. The predicted octanol–water partition coefficient (Wildman–Crippen LogP) is 7.91. The molecule has 0 aliphatic rings. The van der Waals surface area contributed by atoms with E-state index in [1.54, 1.807) is 17.5 Å². The van der Waals surface area contributed by atoms with Crippen LogP contribution >= 0.6 is 11.3 Å². The van der Waals surface area contributed by atoms with E-state index in [9.17, 15) is 0 Å². The maximum atomic E-state index is 4.90. The number of para-hydroxylation sites is 1. The topological polar surface area (TPSA) is 48.5 Å². The number of thiazole rings is 1. The Bertz CT molecular complexity index is 2090. The fourth-order valence-electron chi connectivity index (χ4n) is 5.12. The Morgan fingerprint density at radius 1 is 0.725 bits per heavy atom. The molecule has 8 aromatic rings. The second-order valence-corrected chi connectivity index (χ2v) is 10.3. The molecule has 4 aromatic carbocycles. The molecule has 0 saturated carbocycles. The SMILES string of the molecule is [Pt+2].[c-]1c(-c2ccccn2)cccc1-n1c2[c-]c(-c3nc4ccccc4s3)ccc2c2cc(-n3cccn3)ccc21. The normalized spacial score (nSPS) is 11.3. The van der Waals surface area contributed by atoms with Crippen LogP contribution in [0, 0.1) is 12.1 Å². The minimum atomic E-state index is 0. The molecule has 0 atom stereocenters. The Labute approximate surface area is 248 Å². The molecule has 0 unspecified atom stereocenters. The fraction of sp³-hybridized carbons (Fsp3) is 0. The summed E-state index contributed by atoms with van der Waals surface area (Å²) >= 11 is 1.69. The minimum absolute atomic E-state index is 0. The first-order chi connectivity index (χ1) is 19.3. The van der Waals surface area contributed by atoms with E-state index in [1.807, 2.05) is 53.5 Å². The molecule has 8 rings (SSSR count). The largest absolute Gasteiger partial charge is 2.00 e. The van der Waals surface area contributed by atoms with Gasteiger partial charge in [0.25, 0.3) is 0 Å². The molecule has 0 N–H and O–H groups in total. The van der Waals surface area contributed by atoms with Crippen LogP contribution in [0.1, 0.15) is 0 Å². The molecule has 0 radical (unpaired) electrons. The summed E-state index contributed by atoms with van der Waals surface area (Å²) in [4.78, 5) is 9.44. The van der Waals surface area contributed by atoms with Gasteiger partial charge in [0.05, 0.1) is 11.2 Å². The maximum absolute atomic E-state index is 4.90. The average Bonchev–Trinajstić information content (AvgIpc) is 3.75. The average molecular weight is 713 g/mol. The summed E-state index contributed by atoms with van der Waals surface area (Å²) in [6.07, 6.45) is 5.57. The molecule has 0 aliphatic carbocycles. The van der Waals surface area contributed by atoms with Crippen molar-refractivity contribution in [2.75, 3.05) is 0 Å². The van der Waals surface area contributed by atoms with Gasteiger partial charge in [0, 0.05) is 33.8 Å². The van der Waals surface area contributed by atoms with Gasteiger partial charge in [-0.05, 0) is 64.7 Å². The molecule has 7 heteroatoms. The van der Waals surface area contributed by atoms with Gasteiger partial charge in [0.15, 0.2) is 0 Å². The number of hydrogen-bond acceptors (Lipinski definition) is 4. The van der Waals surface area contributed by atoms with Crippen molar-refractivity contribution in [2.24, 2.45) is 0 Å². The predicted molar refractivity (Wildman–Crippen MR) is 157 cm³/mol. The number of benzene rings is 4. The van der Waals surface area contributed by atoms with E-state index in [4.69, 9.17) is 4.98 Å². The van der Waals surface area contributed by atoms with Gasteiger partial charge >= 0.3 is 21.1 Å². The number of pyridine rings is 1. The third kappa shape index (κ3) is 4.08. The Kier molecular flexibility index (Phi) is 6.15. The number of fused-ring (bicyclic) bond motifs is 4. The van der Waals surface area contributed by atoms with Crippen LogP contribution in [0.4, 0.5) is 0 Å². The molecule has 0 spiro atoms. The van der Waals surface area contributed by atoms with Crippen molar-refractivity contribution in [3.8, 4) is 33.2 Å². The second-order valence-electron chi connectivity index (χ2n) is 9.27. The van der Waals surface area contributed by atoms with E-state index in [0.29, 0.717) is 0 Å². The Hall–Kier alpha value is -4.38. The first-order valence-corrected chi connectivity index (χ1v) is 13.4. The van der Waals surface area contributed by atoms with Crippen molar-refractivity contribution < 1.29 is 21.1 Å². The van der Waals surface area contributed by atoms with Gasteiger partial charge < -0.3 is 9.55 Å². The summed E-state index contributed by atoms with van der Waals surface area (Å²) in [7, 11) is 0. The van der Waals surface area contributed by atoms with Gasteiger partial charge in [-0.15, -0.1) is 53.6 Å².